The summed E-state index contributed by atoms with van der Waals surface area (Å²) in [7, 11) is 0. The van der Waals surface area contributed by atoms with E-state index in [-0.39, 0.29) is 18.3 Å². The normalized spacial score (nSPS) is 9.13. The Kier molecular flexibility index (Phi) is 7.68. The maximum atomic E-state index is 11.2. The summed E-state index contributed by atoms with van der Waals surface area (Å²) in [6, 6.07) is 9.86. The lowest BCUT2D eigenvalue weighted by Gasteiger charge is -2.04. The maximum Gasteiger partial charge on any atom is 0.220 e. The second-order valence-electron chi connectivity index (χ2n) is 3.15. The third-order valence-corrected chi connectivity index (χ3v) is 1.94. The lowest BCUT2D eigenvalue weighted by molar-refractivity contribution is -0.121. The maximum absolute atomic E-state index is 11.2. The molecule has 84 valence electrons. The summed E-state index contributed by atoms with van der Waals surface area (Å²) >= 11 is 0. The molecular formula is C11H17ClN2O. The van der Waals surface area contributed by atoms with Crippen molar-refractivity contribution in [2.75, 3.05) is 6.54 Å². The Morgan fingerprint density at radius 1 is 1.27 bits per heavy atom. The van der Waals surface area contributed by atoms with Gasteiger partial charge in [-0.3, -0.25) is 4.79 Å². The summed E-state index contributed by atoms with van der Waals surface area (Å²) in [5.74, 6) is 0.0688. The molecule has 0 aliphatic carbocycles. The molecule has 3 nitrogen and oxygen atoms in total. The fourth-order valence-electron chi connectivity index (χ4n) is 1.15. The van der Waals surface area contributed by atoms with Gasteiger partial charge in [-0.25, -0.2) is 0 Å². The summed E-state index contributed by atoms with van der Waals surface area (Å²) in [5, 5.41) is 2.84. The lowest BCUT2D eigenvalue weighted by atomic mass is 10.2. The standard InChI is InChI=1S/C11H16N2O.ClH/c12-8-4-7-11(14)13-9-10-5-2-1-3-6-10;/h1-3,5-6H,4,7-9,12H2,(H,13,14);1H. The smallest absolute Gasteiger partial charge is 0.220 e. The highest BCUT2D eigenvalue weighted by atomic mass is 35.5. The van der Waals surface area contributed by atoms with Crippen LogP contribution >= 0.6 is 12.4 Å². The van der Waals surface area contributed by atoms with Crippen LogP contribution in [0.25, 0.3) is 0 Å². The van der Waals surface area contributed by atoms with Gasteiger partial charge in [-0.05, 0) is 18.5 Å². The number of hydrogen-bond acceptors (Lipinski definition) is 2. The van der Waals surface area contributed by atoms with Crippen LogP contribution < -0.4 is 11.1 Å². The van der Waals surface area contributed by atoms with E-state index in [1.807, 2.05) is 30.3 Å². The van der Waals surface area contributed by atoms with Gasteiger partial charge in [0.1, 0.15) is 0 Å². The van der Waals surface area contributed by atoms with Crippen LogP contribution in [-0.4, -0.2) is 12.5 Å². The summed E-state index contributed by atoms with van der Waals surface area (Å²) < 4.78 is 0. The van der Waals surface area contributed by atoms with Crippen molar-refractivity contribution >= 4 is 18.3 Å². The van der Waals surface area contributed by atoms with Gasteiger partial charge in [-0.2, -0.15) is 0 Å². The predicted molar refractivity (Wildman–Crippen MR) is 63.8 cm³/mol. The van der Waals surface area contributed by atoms with Crippen LogP contribution in [0.5, 0.6) is 0 Å². The Bertz CT molecular complexity index is 277. The van der Waals surface area contributed by atoms with Gasteiger partial charge in [0.25, 0.3) is 0 Å². The van der Waals surface area contributed by atoms with Crippen molar-refractivity contribution in [1.29, 1.82) is 0 Å². The van der Waals surface area contributed by atoms with E-state index in [1.54, 1.807) is 0 Å². The summed E-state index contributed by atoms with van der Waals surface area (Å²) in [4.78, 5) is 11.2. The summed E-state index contributed by atoms with van der Waals surface area (Å²) in [6.45, 7) is 1.17. The Morgan fingerprint density at radius 3 is 2.53 bits per heavy atom. The van der Waals surface area contributed by atoms with Crippen molar-refractivity contribution in [3.8, 4) is 0 Å². The Labute approximate surface area is 96.5 Å². The molecule has 0 bridgehead atoms. The van der Waals surface area contributed by atoms with Crippen LogP contribution in [0.2, 0.25) is 0 Å². The van der Waals surface area contributed by atoms with Crippen molar-refractivity contribution < 1.29 is 4.79 Å². The minimum absolute atomic E-state index is 0. The molecule has 1 amide bonds. The van der Waals surface area contributed by atoms with Crippen LogP contribution in [0.3, 0.4) is 0 Å². The number of halogens is 1. The number of amides is 1. The number of nitrogens with two attached hydrogens (primary N) is 1. The van der Waals surface area contributed by atoms with E-state index in [2.05, 4.69) is 5.32 Å². The number of carbonyl (C=O) groups excluding carboxylic acids is 1. The Balaban J connectivity index is 0.00000196. The van der Waals surface area contributed by atoms with Gasteiger partial charge in [0.05, 0.1) is 0 Å². The molecule has 0 saturated heterocycles. The zero-order valence-electron chi connectivity index (χ0n) is 8.61. The fourth-order valence-corrected chi connectivity index (χ4v) is 1.15. The average molecular weight is 229 g/mol. The quantitative estimate of drug-likeness (QED) is 0.802. The molecule has 1 aromatic carbocycles. The highest BCUT2D eigenvalue weighted by molar-refractivity contribution is 5.85. The molecule has 1 aromatic rings. The van der Waals surface area contributed by atoms with Gasteiger partial charge in [0.15, 0.2) is 0 Å². The van der Waals surface area contributed by atoms with Crippen molar-refractivity contribution in [2.45, 2.75) is 19.4 Å². The van der Waals surface area contributed by atoms with Crippen LogP contribution in [0.15, 0.2) is 30.3 Å². The minimum atomic E-state index is 0. The third-order valence-electron chi connectivity index (χ3n) is 1.94. The second-order valence-corrected chi connectivity index (χ2v) is 3.15. The molecule has 0 saturated carbocycles. The number of rotatable bonds is 5. The van der Waals surface area contributed by atoms with E-state index in [1.165, 1.54) is 0 Å². The van der Waals surface area contributed by atoms with E-state index in [0.29, 0.717) is 19.5 Å². The number of nitrogens with one attached hydrogen (secondary N) is 1. The lowest BCUT2D eigenvalue weighted by Crippen LogP contribution is -2.23. The molecule has 4 heteroatoms. The SMILES string of the molecule is Cl.NCCCC(=O)NCc1ccccc1. The van der Waals surface area contributed by atoms with Crippen molar-refractivity contribution in [3.63, 3.8) is 0 Å². The largest absolute Gasteiger partial charge is 0.352 e. The molecule has 0 atom stereocenters. The molecule has 1 rings (SSSR count). The molecule has 3 N–H and O–H groups in total. The molecule has 0 radical (unpaired) electrons. The van der Waals surface area contributed by atoms with Crippen molar-refractivity contribution in [3.05, 3.63) is 35.9 Å². The van der Waals surface area contributed by atoms with Crippen LogP contribution in [-0.2, 0) is 11.3 Å². The van der Waals surface area contributed by atoms with E-state index in [0.717, 1.165) is 12.0 Å². The molecule has 0 fully saturated rings. The van der Waals surface area contributed by atoms with E-state index in [4.69, 9.17) is 5.73 Å². The van der Waals surface area contributed by atoms with E-state index < -0.39 is 0 Å². The fraction of sp³-hybridized carbons (Fsp3) is 0.364. The van der Waals surface area contributed by atoms with Crippen LogP contribution in [0.1, 0.15) is 18.4 Å². The first-order chi connectivity index (χ1) is 6.83. The average Bonchev–Trinajstić information content (AvgIpc) is 2.25. The molecule has 0 heterocycles. The number of benzene rings is 1. The highest BCUT2D eigenvalue weighted by Gasteiger charge is 1.99. The Morgan fingerprint density at radius 2 is 1.93 bits per heavy atom. The van der Waals surface area contributed by atoms with Crippen molar-refractivity contribution in [2.24, 2.45) is 5.73 Å². The van der Waals surface area contributed by atoms with Gasteiger partial charge >= 0.3 is 0 Å². The van der Waals surface area contributed by atoms with Gasteiger partial charge in [-0.15, -0.1) is 12.4 Å². The predicted octanol–water partition coefficient (Wildman–Crippen LogP) is 1.46. The molecule has 0 unspecified atom stereocenters. The third kappa shape index (κ3) is 6.10. The number of hydrogen-bond donors (Lipinski definition) is 2. The van der Waals surface area contributed by atoms with Crippen LogP contribution in [0.4, 0.5) is 0 Å². The zero-order chi connectivity index (χ0) is 10.2. The van der Waals surface area contributed by atoms with E-state index >= 15 is 0 Å². The van der Waals surface area contributed by atoms with Gasteiger partial charge < -0.3 is 11.1 Å². The van der Waals surface area contributed by atoms with Gasteiger partial charge in [0.2, 0.25) is 5.91 Å². The number of carbonyl (C=O) groups is 1. The Hall–Kier alpha value is -1.06. The monoisotopic (exact) mass is 228 g/mol. The summed E-state index contributed by atoms with van der Waals surface area (Å²) in [5.41, 5.74) is 6.42. The molecular weight excluding hydrogens is 212 g/mol. The molecule has 0 aromatic heterocycles. The van der Waals surface area contributed by atoms with E-state index in [9.17, 15) is 4.79 Å². The highest BCUT2D eigenvalue weighted by Crippen LogP contribution is 1.97. The first kappa shape index (κ1) is 13.9. The molecule has 0 aliphatic rings. The zero-order valence-corrected chi connectivity index (χ0v) is 9.43. The van der Waals surface area contributed by atoms with Crippen LogP contribution in [0, 0.1) is 0 Å². The van der Waals surface area contributed by atoms with Gasteiger partial charge in [-0.1, -0.05) is 30.3 Å². The molecule has 15 heavy (non-hydrogen) atoms. The summed E-state index contributed by atoms with van der Waals surface area (Å²) in [6.07, 6.45) is 1.27. The minimum Gasteiger partial charge on any atom is -0.352 e. The topological polar surface area (TPSA) is 55.1 Å². The second kappa shape index (κ2) is 8.26. The molecule has 0 spiro atoms. The molecule has 0 aliphatic heterocycles. The van der Waals surface area contributed by atoms with Crippen molar-refractivity contribution in [1.82, 2.24) is 5.32 Å². The first-order valence-electron chi connectivity index (χ1n) is 4.83. The van der Waals surface area contributed by atoms with Gasteiger partial charge in [0, 0.05) is 13.0 Å². The first-order valence-corrected chi connectivity index (χ1v) is 4.83.